The second-order valence-electron chi connectivity index (χ2n) is 2.37. The Bertz CT molecular complexity index is 416. The third-order valence-corrected chi connectivity index (χ3v) is 1.58. The molecule has 1 N–H and O–H groups in total. The van der Waals surface area contributed by atoms with Crippen molar-refractivity contribution in [2.75, 3.05) is 0 Å². The van der Waals surface area contributed by atoms with Crippen LogP contribution in [0.4, 0.5) is 0 Å². The van der Waals surface area contributed by atoms with Crippen LogP contribution >= 0.6 is 0 Å². The van der Waals surface area contributed by atoms with Crippen molar-refractivity contribution < 1.29 is 0 Å². The van der Waals surface area contributed by atoms with Crippen molar-refractivity contribution in [3.8, 4) is 5.69 Å². The molecule has 2 aromatic heterocycles. The van der Waals surface area contributed by atoms with Gasteiger partial charge in [0.15, 0.2) is 0 Å². The summed E-state index contributed by atoms with van der Waals surface area (Å²) in [4.78, 5) is 11.2. The highest BCUT2D eigenvalue weighted by atomic mass is 16.1. The lowest BCUT2D eigenvalue weighted by molar-refractivity contribution is 0.992. The molecule has 2 heterocycles. The predicted octanol–water partition coefficient (Wildman–Crippen LogP) is 0.561. The third kappa shape index (κ3) is 1.03. The summed E-state index contributed by atoms with van der Waals surface area (Å²) in [5.41, 5.74) is 0.694. The monoisotopic (exact) mass is 161 g/mol. The Morgan fingerprint density at radius 3 is 3.00 bits per heavy atom. The number of nitrogens with zero attached hydrogens (tertiary/aromatic N) is 2. The van der Waals surface area contributed by atoms with Gasteiger partial charge in [0.25, 0.3) is 5.56 Å². The van der Waals surface area contributed by atoms with Crippen LogP contribution in [-0.4, -0.2) is 14.8 Å². The standard InChI is InChI=1S/C8H7N3O/c12-8-3-1-2-4-11(8)7-5-9-10-6-7/h1-6H,(H,9,10). The zero-order chi connectivity index (χ0) is 8.39. The first-order valence-electron chi connectivity index (χ1n) is 3.55. The van der Waals surface area contributed by atoms with Crippen molar-refractivity contribution in [1.82, 2.24) is 14.8 Å². The number of hydrogen-bond donors (Lipinski definition) is 1. The third-order valence-electron chi connectivity index (χ3n) is 1.58. The number of aromatic nitrogens is 3. The molecule has 0 bridgehead atoms. The van der Waals surface area contributed by atoms with E-state index in [1.165, 1.54) is 10.6 Å². The molecule has 0 unspecified atom stereocenters. The highest BCUT2D eigenvalue weighted by molar-refractivity contribution is 5.24. The molecule has 0 aliphatic carbocycles. The Labute approximate surface area is 68.5 Å². The van der Waals surface area contributed by atoms with Crippen LogP contribution in [0.5, 0.6) is 0 Å². The zero-order valence-electron chi connectivity index (χ0n) is 6.27. The van der Waals surface area contributed by atoms with Gasteiger partial charge in [-0.3, -0.25) is 14.5 Å². The van der Waals surface area contributed by atoms with Gasteiger partial charge in [-0.15, -0.1) is 0 Å². The molecule has 0 atom stereocenters. The molecular formula is C8H7N3O. The van der Waals surface area contributed by atoms with Gasteiger partial charge in [0.05, 0.1) is 11.9 Å². The number of rotatable bonds is 1. The lowest BCUT2D eigenvalue weighted by Crippen LogP contribution is -2.14. The molecule has 0 aliphatic rings. The molecule has 12 heavy (non-hydrogen) atoms. The fourth-order valence-corrected chi connectivity index (χ4v) is 1.02. The van der Waals surface area contributed by atoms with Crippen molar-refractivity contribution >= 4 is 0 Å². The van der Waals surface area contributed by atoms with Gasteiger partial charge in [-0.05, 0) is 6.07 Å². The summed E-state index contributed by atoms with van der Waals surface area (Å²) < 4.78 is 1.52. The summed E-state index contributed by atoms with van der Waals surface area (Å²) in [5, 5.41) is 6.40. The normalized spacial score (nSPS) is 10.0. The largest absolute Gasteiger partial charge is 0.284 e. The van der Waals surface area contributed by atoms with Gasteiger partial charge < -0.3 is 0 Å². The van der Waals surface area contributed by atoms with Crippen LogP contribution in [0.2, 0.25) is 0 Å². The molecular weight excluding hydrogens is 154 g/mol. The van der Waals surface area contributed by atoms with Crippen LogP contribution in [0.15, 0.2) is 41.6 Å². The maximum atomic E-state index is 11.2. The van der Waals surface area contributed by atoms with Crippen LogP contribution in [-0.2, 0) is 0 Å². The van der Waals surface area contributed by atoms with Gasteiger partial charge in [0.2, 0.25) is 0 Å². The first kappa shape index (κ1) is 6.84. The topological polar surface area (TPSA) is 50.7 Å². The first-order chi connectivity index (χ1) is 5.88. The number of H-pyrrole nitrogens is 1. The first-order valence-corrected chi connectivity index (χ1v) is 3.55. The Hall–Kier alpha value is -1.84. The lowest BCUT2D eigenvalue weighted by Gasteiger charge is -1.97. The molecule has 0 saturated heterocycles. The smallest absolute Gasteiger partial charge is 0.255 e. The summed E-state index contributed by atoms with van der Waals surface area (Å²) in [6.45, 7) is 0. The fraction of sp³-hybridized carbons (Fsp3) is 0. The van der Waals surface area contributed by atoms with Crippen LogP contribution in [0.3, 0.4) is 0 Å². The molecule has 4 heteroatoms. The second kappa shape index (κ2) is 2.65. The molecule has 0 radical (unpaired) electrons. The minimum Gasteiger partial charge on any atom is -0.284 e. The summed E-state index contributed by atoms with van der Waals surface area (Å²) in [6.07, 6.45) is 4.97. The van der Waals surface area contributed by atoms with Crippen molar-refractivity contribution in [3.05, 3.63) is 47.1 Å². The van der Waals surface area contributed by atoms with Crippen molar-refractivity contribution in [3.63, 3.8) is 0 Å². The number of hydrogen-bond acceptors (Lipinski definition) is 2. The molecule has 0 fully saturated rings. The Balaban J connectivity index is 2.63. The lowest BCUT2D eigenvalue weighted by atomic mass is 10.4. The minimum absolute atomic E-state index is 0.0566. The van der Waals surface area contributed by atoms with E-state index in [9.17, 15) is 4.79 Å². The van der Waals surface area contributed by atoms with Crippen molar-refractivity contribution in [2.45, 2.75) is 0 Å². The minimum atomic E-state index is -0.0566. The van der Waals surface area contributed by atoms with Gasteiger partial charge in [-0.2, -0.15) is 5.10 Å². The van der Waals surface area contributed by atoms with Gasteiger partial charge in [0, 0.05) is 18.5 Å². The highest BCUT2D eigenvalue weighted by Gasteiger charge is 1.96. The molecule has 0 saturated carbocycles. The molecule has 60 valence electrons. The summed E-state index contributed by atoms with van der Waals surface area (Å²) in [7, 11) is 0. The fourth-order valence-electron chi connectivity index (χ4n) is 1.02. The van der Waals surface area contributed by atoms with E-state index in [0.717, 1.165) is 5.69 Å². The maximum Gasteiger partial charge on any atom is 0.255 e. The van der Waals surface area contributed by atoms with Gasteiger partial charge in [0.1, 0.15) is 0 Å². The number of nitrogens with one attached hydrogen (secondary N) is 1. The van der Waals surface area contributed by atoms with E-state index < -0.39 is 0 Å². The molecule has 4 nitrogen and oxygen atoms in total. The SMILES string of the molecule is O=c1ccccn1-c1cn[nH]c1. The average Bonchev–Trinajstić information content (AvgIpc) is 2.57. The number of aromatic amines is 1. The van der Waals surface area contributed by atoms with Crippen molar-refractivity contribution in [1.29, 1.82) is 0 Å². The van der Waals surface area contributed by atoms with Crippen LogP contribution in [0, 0.1) is 0 Å². The maximum absolute atomic E-state index is 11.2. The molecule has 0 amide bonds. The van der Waals surface area contributed by atoms with Gasteiger partial charge in [-0.25, -0.2) is 0 Å². The summed E-state index contributed by atoms with van der Waals surface area (Å²) >= 11 is 0. The average molecular weight is 161 g/mol. The Kier molecular flexibility index (Phi) is 1.51. The van der Waals surface area contributed by atoms with Crippen molar-refractivity contribution in [2.24, 2.45) is 0 Å². The van der Waals surface area contributed by atoms with Gasteiger partial charge in [-0.1, -0.05) is 6.07 Å². The van der Waals surface area contributed by atoms with E-state index in [4.69, 9.17) is 0 Å². The zero-order valence-corrected chi connectivity index (χ0v) is 6.27. The molecule has 0 aromatic carbocycles. The summed E-state index contributed by atoms with van der Waals surface area (Å²) in [6, 6.07) is 5.01. The van der Waals surface area contributed by atoms with E-state index in [2.05, 4.69) is 10.2 Å². The van der Waals surface area contributed by atoms with E-state index in [1.807, 2.05) is 0 Å². The molecule has 0 aliphatic heterocycles. The van der Waals surface area contributed by atoms with E-state index >= 15 is 0 Å². The second-order valence-corrected chi connectivity index (χ2v) is 2.37. The van der Waals surface area contributed by atoms with E-state index in [0.29, 0.717) is 0 Å². The molecule has 2 rings (SSSR count). The Morgan fingerprint density at radius 2 is 2.33 bits per heavy atom. The van der Waals surface area contributed by atoms with E-state index in [1.54, 1.807) is 30.7 Å². The number of pyridine rings is 1. The molecule has 2 aromatic rings. The quantitative estimate of drug-likeness (QED) is 0.664. The highest BCUT2D eigenvalue weighted by Crippen LogP contribution is 1.98. The van der Waals surface area contributed by atoms with Crippen LogP contribution in [0.25, 0.3) is 5.69 Å². The van der Waals surface area contributed by atoms with E-state index in [-0.39, 0.29) is 5.56 Å². The van der Waals surface area contributed by atoms with Crippen LogP contribution in [0.1, 0.15) is 0 Å². The summed E-state index contributed by atoms with van der Waals surface area (Å²) in [5.74, 6) is 0. The Morgan fingerprint density at radius 1 is 1.42 bits per heavy atom. The van der Waals surface area contributed by atoms with Crippen LogP contribution < -0.4 is 5.56 Å². The molecule has 0 spiro atoms. The predicted molar refractivity (Wildman–Crippen MR) is 44.2 cm³/mol. The van der Waals surface area contributed by atoms with Gasteiger partial charge >= 0.3 is 0 Å².